The van der Waals surface area contributed by atoms with Gasteiger partial charge < -0.3 is 20.4 Å². The van der Waals surface area contributed by atoms with Gasteiger partial charge in [-0.3, -0.25) is 4.99 Å². The van der Waals surface area contributed by atoms with E-state index in [1.807, 2.05) is 0 Å². The minimum Gasteiger partial charge on any atom is -0.371 e. The lowest BCUT2D eigenvalue weighted by molar-refractivity contribution is 0.232. The third-order valence-electron chi connectivity index (χ3n) is 5.58. The number of piperidine rings is 1. The summed E-state index contributed by atoms with van der Waals surface area (Å²) in [7, 11) is 0. The van der Waals surface area contributed by atoms with Gasteiger partial charge in [0.25, 0.3) is 0 Å². The van der Waals surface area contributed by atoms with E-state index in [0.29, 0.717) is 5.92 Å². The van der Waals surface area contributed by atoms with Crippen molar-refractivity contribution >= 4 is 11.6 Å². The van der Waals surface area contributed by atoms with Crippen molar-refractivity contribution < 1.29 is 8.78 Å². The topological polar surface area (TPSA) is 42.9 Å². The Labute approximate surface area is 167 Å². The molecule has 5 nitrogen and oxygen atoms in total. The summed E-state index contributed by atoms with van der Waals surface area (Å²) in [5.41, 5.74) is 0.747. The Morgan fingerprint density at radius 3 is 2.68 bits per heavy atom. The van der Waals surface area contributed by atoms with Crippen molar-refractivity contribution in [2.24, 2.45) is 10.9 Å². The molecule has 3 rings (SSSR count). The first kappa shape index (κ1) is 20.8. The molecule has 28 heavy (non-hydrogen) atoms. The lowest BCUT2D eigenvalue weighted by Gasteiger charge is -2.26. The predicted octanol–water partition coefficient (Wildman–Crippen LogP) is 2.83. The molecule has 1 aromatic rings. The summed E-state index contributed by atoms with van der Waals surface area (Å²) in [4.78, 5) is 9.37. The molecule has 2 aliphatic rings. The van der Waals surface area contributed by atoms with Crippen molar-refractivity contribution in [1.82, 2.24) is 15.5 Å². The van der Waals surface area contributed by atoms with Crippen LogP contribution in [0.1, 0.15) is 32.6 Å². The van der Waals surface area contributed by atoms with Crippen molar-refractivity contribution in [1.29, 1.82) is 0 Å². The summed E-state index contributed by atoms with van der Waals surface area (Å²) >= 11 is 0. The summed E-state index contributed by atoms with van der Waals surface area (Å²) in [5, 5.41) is 6.76. The van der Waals surface area contributed by atoms with Gasteiger partial charge in [0.05, 0.1) is 0 Å². The first-order valence-corrected chi connectivity index (χ1v) is 10.6. The predicted molar refractivity (Wildman–Crippen MR) is 111 cm³/mol. The van der Waals surface area contributed by atoms with Crippen LogP contribution >= 0.6 is 0 Å². The van der Waals surface area contributed by atoms with Crippen LogP contribution in [0, 0.1) is 17.6 Å². The molecule has 156 valence electrons. The summed E-state index contributed by atoms with van der Waals surface area (Å²) in [5.74, 6) is -0.294. The van der Waals surface area contributed by atoms with Gasteiger partial charge in [-0.15, -0.1) is 0 Å². The monoisotopic (exact) mass is 393 g/mol. The van der Waals surface area contributed by atoms with Gasteiger partial charge in [0, 0.05) is 51.0 Å². The Hall–Kier alpha value is -1.89. The maximum Gasteiger partial charge on any atom is 0.191 e. The van der Waals surface area contributed by atoms with Gasteiger partial charge in [0.1, 0.15) is 0 Å². The van der Waals surface area contributed by atoms with Crippen LogP contribution in [0.15, 0.2) is 23.2 Å². The molecule has 0 bridgehead atoms. The smallest absolute Gasteiger partial charge is 0.191 e. The largest absolute Gasteiger partial charge is 0.371 e. The Kier molecular flexibility index (Phi) is 7.89. The molecular weight excluding hydrogens is 360 g/mol. The molecule has 0 aromatic heterocycles. The third kappa shape index (κ3) is 6.06. The average molecular weight is 394 g/mol. The third-order valence-corrected chi connectivity index (χ3v) is 5.58. The number of hydrogen-bond acceptors (Lipinski definition) is 3. The molecule has 2 heterocycles. The molecule has 1 atom stereocenters. The lowest BCUT2D eigenvalue weighted by atomic mass is 10.1. The molecule has 0 aliphatic carbocycles. The molecule has 0 radical (unpaired) electrons. The number of hydrogen-bond donors (Lipinski definition) is 2. The van der Waals surface area contributed by atoms with E-state index in [1.165, 1.54) is 44.5 Å². The quantitative estimate of drug-likeness (QED) is 0.552. The fourth-order valence-electron chi connectivity index (χ4n) is 3.98. The fourth-order valence-corrected chi connectivity index (χ4v) is 3.98. The molecule has 7 heteroatoms. The number of likely N-dealkylation sites (tertiary alicyclic amines) is 1. The van der Waals surface area contributed by atoms with Crippen LogP contribution < -0.4 is 15.5 Å². The summed E-state index contributed by atoms with van der Waals surface area (Å²) in [6, 6.07) is 4.13. The van der Waals surface area contributed by atoms with Gasteiger partial charge >= 0.3 is 0 Å². The zero-order chi connectivity index (χ0) is 19.8. The Morgan fingerprint density at radius 1 is 1.11 bits per heavy atom. The van der Waals surface area contributed by atoms with Gasteiger partial charge in [-0.1, -0.05) is 6.42 Å². The number of anilines is 1. The van der Waals surface area contributed by atoms with Gasteiger partial charge in [0.2, 0.25) is 0 Å². The molecule has 0 saturated carbocycles. The molecule has 1 aromatic carbocycles. The van der Waals surface area contributed by atoms with E-state index in [-0.39, 0.29) is 0 Å². The van der Waals surface area contributed by atoms with Crippen LogP contribution in [0.5, 0.6) is 0 Å². The van der Waals surface area contributed by atoms with E-state index < -0.39 is 11.6 Å². The van der Waals surface area contributed by atoms with Crippen LogP contribution in [-0.2, 0) is 0 Å². The van der Waals surface area contributed by atoms with Gasteiger partial charge in [-0.05, 0) is 57.3 Å². The number of nitrogens with one attached hydrogen (secondary N) is 2. The normalized spacial score (nSPS) is 21.2. The summed E-state index contributed by atoms with van der Waals surface area (Å²) < 4.78 is 26.6. The van der Waals surface area contributed by atoms with Crippen molar-refractivity contribution in [3.8, 4) is 0 Å². The van der Waals surface area contributed by atoms with Crippen LogP contribution in [0.25, 0.3) is 0 Å². The maximum absolute atomic E-state index is 13.5. The second-order valence-corrected chi connectivity index (χ2v) is 7.75. The van der Waals surface area contributed by atoms with E-state index in [2.05, 4.69) is 27.4 Å². The molecule has 1 unspecified atom stereocenters. The number of aliphatic imine (C=N–C) groups is 1. The highest BCUT2D eigenvalue weighted by atomic mass is 19.2. The van der Waals surface area contributed by atoms with Gasteiger partial charge in [0.15, 0.2) is 17.6 Å². The van der Waals surface area contributed by atoms with E-state index in [9.17, 15) is 8.78 Å². The standard InChI is InChI=1S/C21H33F2N5/c1-2-24-21(25-9-13-27-10-4-3-5-11-27)26-15-17-8-12-28(16-17)18-6-7-19(22)20(23)14-18/h6-7,14,17H,2-5,8-13,15-16H2,1H3,(H2,24,25,26). The number of halogens is 2. The van der Waals surface area contributed by atoms with Crippen LogP contribution in [-0.4, -0.2) is 63.2 Å². The van der Waals surface area contributed by atoms with Crippen molar-refractivity contribution in [2.75, 3.05) is 57.3 Å². The Balaban J connectivity index is 1.45. The minimum absolute atomic E-state index is 0.422. The number of nitrogens with zero attached hydrogens (tertiary/aromatic N) is 3. The molecule has 2 N–H and O–H groups in total. The van der Waals surface area contributed by atoms with E-state index in [0.717, 1.165) is 57.3 Å². The van der Waals surface area contributed by atoms with E-state index in [4.69, 9.17) is 4.99 Å². The summed E-state index contributed by atoms with van der Waals surface area (Å²) in [6.07, 6.45) is 4.99. The zero-order valence-corrected chi connectivity index (χ0v) is 16.9. The van der Waals surface area contributed by atoms with Crippen LogP contribution in [0.2, 0.25) is 0 Å². The molecule has 2 fully saturated rings. The summed E-state index contributed by atoms with van der Waals surface area (Å²) in [6.45, 7) is 9.68. The van der Waals surface area contributed by atoms with Crippen molar-refractivity contribution in [3.63, 3.8) is 0 Å². The highest BCUT2D eigenvalue weighted by Gasteiger charge is 2.23. The number of benzene rings is 1. The number of rotatable bonds is 7. The number of guanidine groups is 1. The zero-order valence-electron chi connectivity index (χ0n) is 16.9. The first-order chi connectivity index (χ1) is 13.7. The van der Waals surface area contributed by atoms with E-state index in [1.54, 1.807) is 6.07 Å². The second-order valence-electron chi connectivity index (χ2n) is 7.75. The van der Waals surface area contributed by atoms with Gasteiger partial charge in [-0.25, -0.2) is 8.78 Å². The highest BCUT2D eigenvalue weighted by molar-refractivity contribution is 5.79. The minimum atomic E-state index is -0.796. The first-order valence-electron chi connectivity index (χ1n) is 10.6. The molecular formula is C21H33F2N5. The maximum atomic E-state index is 13.5. The molecule has 0 amide bonds. The SMILES string of the molecule is CCNC(=NCC1CCN(c2ccc(F)c(F)c2)C1)NCCN1CCCCC1. The average Bonchev–Trinajstić information content (AvgIpc) is 3.18. The van der Waals surface area contributed by atoms with E-state index >= 15 is 0 Å². The highest BCUT2D eigenvalue weighted by Crippen LogP contribution is 2.25. The molecule has 2 aliphatic heterocycles. The second kappa shape index (κ2) is 10.6. The van der Waals surface area contributed by atoms with Crippen LogP contribution in [0.4, 0.5) is 14.5 Å². The molecule has 0 spiro atoms. The Bertz CT molecular complexity index is 646. The van der Waals surface area contributed by atoms with Crippen molar-refractivity contribution in [2.45, 2.75) is 32.6 Å². The van der Waals surface area contributed by atoms with Crippen molar-refractivity contribution in [3.05, 3.63) is 29.8 Å². The van der Waals surface area contributed by atoms with Crippen LogP contribution in [0.3, 0.4) is 0 Å². The fraction of sp³-hybridized carbons (Fsp3) is 0.667. The Morgan fingerprint density at radius 2 is 1.93 bits per heavy atom. The van der Waals surface area contributed by atoms with Gasteiger partial charge in [-0.2, -0.15) is 0 Å². The lowest BCUT2D eigenvalue weighted by Crippen LogP contribution is -2.43. The molecule has 2 saturated heterocycles.